The highest BCUT2D eigenvalue weighted by Gasteiger charge is 2.36. The van der Waals surface area contributed by atoms with Gasteiger partial charge in [-0.2, -0.15) is 0 Å². The third-order valence-electron chi connectivity index (χ3n) is 3.32. The van der Waals surface area contributed by atoms with Gasteiger partial charge in [0.25, 0.3) is 5.91 Å². The zero-order chi connectivity index (χ0) is 14.1. The molecule has 6 heteroatoms. The highest BCUT2D eigenvalue weighted by Crippen LogP contribution is 2.36. The molecule has 0 fully saturated rings. The smallest absolute Gasteiger partial charge is 0.312 e. The van der Waals surface area contributed by atoms with Crippen LogP contribution in [0.4, 0.5) is 5.69 Å². The Hall–Kier alpha value is -2.76. The van der Waals surface area contributed by atoms with Crippen LogP contribution >= 0.6 is 0 Å². The van der Waals surface area contributed by atoms with E-state index in [0.717, 1.165) is 0 Å². The number of carbonyl (C=O) groups is 2. The highest BCUT2D eigenvalue weighted by molar-refractivity contribution is 6.08. The van der Waals surface area contributed by atoms with Crippen LogP contribution in [0.25, 0.3) is 0 Å². The number of carboxylic acid groups (broad SMARTS) is 1. The van der Waals surface area contributed by atoms with Gasteiger partial charge in [0.15, 0.2) is 0 Å². The Bertz CT molecular complexity index is 672. The molecule has 1 atom stereocenters. The number of aromatic nitrogens is 2. The molecule has 100 valence electrons. The van der Waals surface area contributed by atoms with Gasteiger partial charge in [-0.25, -0.2) is 9.97 Å². The molecule has 1 aromatic heterocycles. The molecule has 3 rings (SSSR count). The zero-order valence-corrected chi connectivity index (χ0v) is 10.4. The average molecular weight is 269 g/mol. The Morgan fingerprint density at radius 2 is 1.90 bits per heavy atom. The van der Waals surface area contributed by atoms with Crippen molar-refractivity contribution >= 4 is 17.6 Å². The van der Waals surface area contributed by atoms with Crippen LogP contribution in [0.2, 0.25) is 0 Å². The summed E-state index contributed by atoms with van der Waals surface area (Å²) in [5, 5.41) is 9.27. The van der Waals surface area contributed by atoms with Crippen LogP contribution in [0.15, 0.2) is 43.0 Å². The molecule has 2 heterocycles. The highest BCUT2D eigenvalue weighted by atomic mass is 16.4. The number of hydrogen-bond donors (Lipinski definition) is 1. The first-order chi connectivity index (χ1) is 9.68. The van der Waals surface area contributed by atoms with Crippen molar-refractivity contribution < 1.29 is 14.7 Å². The van der Waals surface area contributed by atoms with E-state index in [1.54, 1.807) is 24.3 Å². The molecule has 0 aliphatic carbocycles. The Morgan fingerprint density at radius 3 is 2.60 bits per heavy atom. The Morgan fingerprint density at radius 1 is 1.20 bits per heavy atom. The lowest BCUT2D eigenvalue weighted by molar-refractivity contribution is -0.138. The molecule has 1 aromatic carbocycles. The second-order valence-electron chi connectivity index (χ2n) is 4.49. The van der Waals surface area contributed by atoms with E-state index in [-0.39, 0.29) is 12.5 Å². The van der Waals surface area contributed by atoms with Crippen LogP contribution in [-0.2, 0) is 4.79 Å². The van der Waals surface area contributed by atoms with E-state index in [2.05, 4.69) is 9.97 Å². The lowest BCUT2D eigenvalue weighted by Crippen LogP contribution is -2.31. The van der Waals surface area contributed by atoms with Crippen LogP contribution in [0.1, 0.15) is 21.8 Å². The van der Waals surface area contributed by atoms with Gasteiger partial charge in [0.1, 0.15) is 12.2 Å². The van der Waals surface area contributed by atoms with Gasteiger partial charge in [-0.05, 0) is 11.6 Å². The fourth-order valence-corrected chi connectivity index (χ4v) is 2.38. The first-order valence-corrected chi connectivity index (χ1v) is 6.07. The molecule has 1 amide bonds. The van der Waals surface area contributed by atoms with Crippen molar-refractivity contribution in [3.63, 3.8) is 0 Å². The molecule has 1 N–H and O–H groups in total. The summed E-state index contributed by atoms with van der Waals surface area (Å²) in [6.45, 7) is 0.127. The summed E-state index contributed by atoms with van der Waals surface area (Å²) < 4.78 is 0. The van der Waals surface area contributed by atoms with Gasteiger partial charge >= 0.3 is 5.97 Å². The molecular formula is C14H11N3O3. The van der Waals surface area contributed by atoms with Crippen LogP contribution in [0.3, 0.4) is 0 Å². The number of aliphatic carboxylic acids is 1. The van der Waals surface area contributed by atoms with Gasteiger partial charge in [-0.3, -0.25) is 9.59 Å². The van der Waals surface area contributed by atoms with Crippen molar-refractivity contribution in [3.8, 4) is 0 Å². The number of nitrogens with zero attached hydrogens (tertiary/aromatic N) is 3. The number of carbonyl (C=O) groups excluding carboxylic acids is 1. The maximum Gasteiger partial charge on any atom is 0.312 e. The van der Waals surface area contributed by atoms with E-state index in [4.69, 9.17) is 0 Å². The summed E-state index contributed by atoms with van der Waals surface area (Å²) >= 11 is 0. The van der Waals surface area contributed by atoms with E-state index in [1.165, 1.54) is 23.6 Å². The van der Waals surface area contributed by atoms with Gasteiger partial charge in [-0.1, -0.05) is 18.2 Å². The summed E-state index contributed by atoms with van der Waals surface area (Å²) in [4.78, 5) is 32.8. The second kappa shape index (κ2) is 4.73. The van der Waals surface area contributed by atoms with E-state index < -0.39 is 11.9 Å². The fraction of sp³-hybridized carbons (Fsp3) is 0.143. The molecule has 1 aliphatic heterocycles. The van der Waals surface area contributed by atoms with Crippen LogP contribution in [0.5, 0.6) is 0 Å². The molecule has 0 saturated carbocycles. The number of hydrogen-bond acceptors (Lipinski definition) is 4. The summed E-state index contributed by atoms with van der Waals surface area (Å²) in [7, 11) is 0. The molecule has 0 radical (unpaired) electrons. The monoisotopic (exact) mass is 269 g/mol. The van der Waals surface area contributed by atoms with Crippen LogP contribution in [0, 0.1) is 0 Å². The topological polar surface area (TPSA) is 83.4 Å². The zero-order valence-electron chi connectivity index (χ0n) is 10.4. The number of benzene rings is 1. The van der Waals surface area contributed by atoms with Crippen molar-refractivity contribution in [2.24, 2.45) is 0 Å². The number of para-hydroxylation sites is 1. The number of rotatable bonds is 2. The van der Waals surface area contributed by atoms with Crippen molar-refractivity contribution in [1.82, 2.24) is 9.97 Å². The average Bonchev–Trinajstić information content (AvgIpc) is 2.87. The van der Waals surface area contributed by atoms with Crippen molar-refractivity contribution in [3.05, 3.63) is 54.1 Å². The number of amides is 1. The van der Waals surface area contributed by atoms with E-state index in [0.29, 0.717) is 16.8 Å². The maximum atomic E-state index is 12.4. The maximum absolute atomic E-state index is 12.4. The quantitative estimate of drug-likeness (QED) is 0.888. The normalized spacial score (nSPS) is 16.8. The first-order valence-electron chi connectivity index (χ1n) is 6.07. The van der Waals surface area contributed by atoms with Gasteiger partial charge < -0.3 is 10.0 Å². The predicted octanol–water partition coefficient (Wildman–Crippen LogP) is 1.31. The van der Waals surface area contributed by atoms with Crippen molar-refractivity contribution in [1.29, 1.82) is 0 Å². The minimum Gasteiger partial charge on any atom is -0.481 e. The van der Waals surface area contributed by atoms with Gasteiger partial charge in [0.05, 0.1) is 5.56 Å². The summed E-state index contributed by atoms with van der Waals surface area (Å²) in [6.07, 6.45) is 4.19. The molecule has 20 heavy (non-hydrogen) atoms. The predicted molar refractivity (Wildman–Crippen MR) is 70.5 cm³/mol. The molecule has 0 spiro atoms. The first kappa shape index (κ1) is 12.3. The SMILES string of the molecule is O=C(O)C1CN(C(=O)c2cncnc2)c2ccccc21. The Balaban J connectivity index is 2.00. The second-order valence-corrected chi connectivity index (χ2v) is 4.49. The Kier molecular flexibility index (Phi) is 2.90. The third-order valence-corrected chi connectivity index (χ3v) is 3.32. The molecule has 0 bridgehead atoms. The molecule has 1 unspecified atom stereocenters. The standard InChI is InChI=1S/C14H11N3O3/c18-13(9-5-15-8-16-6-9)17-7-11(14(19)20)10-3-1-2-4-12(10)17/h1-6,8,11H,7H2,(H,19,20). The molecule has 2 aromatic rings. The van der Waals surface area contributed by atoms with Gasteiger partial charge in [0.2, 0.25) is 0 Å². The number of fused-ring (bicyclic) bond motifs is 1. The molecular weight excluding hydrogens is 258 g/mol. The minimum absolute atomic E-state index is 0.127. The number of carboxylic acids is 1. The molecule has 0 saturated heterocycles. The van der Waals surface area contributed by atoms with Crippen molar-refractivity contribution in [2.45, 2.75) is 5.92 Å². The molecule has 1 aliphatic rings. The van der Waals surface area contributed by atoms with E-state index in [1.807, 2.05) is 0 Å². The summed E-state index contributed by atoms with van der Waals surface area (Å²) in [5.74, 6) is -1.92. The number of anilines is 1. The molecule has 6 nitrogen and oxygen atoms in total. The largest absolute Gasteiger partial charge is 0.481 e. The Labute approximate surface area is 114 Å². The van der Waals surface area contributed by atoms with E-state index in [9.17, 15) is 14.7 Å². The van der Waals surface area contributed by atoms with E-state index >= 15 is 0 Å². The summed E-state index contributed by atoms with van der Waals surface area (Å²) in [5.41, 5.74) is 1.63. The fourth-order valence-electron chi connectivity index (χ4n) is 2.38. The van der Waals surface area contributed by atoms with Crippen LogP contribution in [-0.4, -0.2) is 33.5 Å². The lowest BCUT2D eigenvalue weighted by atomic mass is 10.0. The minimum atomic E-state index is -0.933. The lowest BCUT2D eigenvalue weighted by Gasteiger charge is -2.16. The van der Waals surface area contributed by atoms with Crippen molar-refractivity contribution in [2.75, 3.05) is 11.4 Å². The van der Waals surface area contributed by atoms with Gasteiger partial charge in [0, 0.05) is 24.6 Å². The third kappa shape index (κ3) is 1.91. The van der Waals surface area contributed by atoms with Crippen LogP contribution < -0.4 is 4.90 Å². The van der Waals surface area contributed by atoms with Gasteiger partial charge in [-0.15, -0.1) is 0 Å². The summed E-state index contributed by atoms with van der Waals surface area (Å²) in [6, 6.07) is 7.04.